The standard InChI is InChI=1S/C13H25N3O3S2/c1-7-8-9-18-12(10(2)3)15-21-16(5)13(17)19-14-11(4)20-6/h10H,7-9H2,1-6H3. The van der Waals surface area contributed by atoms with E-state index in [1.807, 2.05) is 20.1 Å². The number of unbranched alkanes of at least 4 members (excludes halogenated alkanes) is 1. The van der Waals surface area contributed by atoms with Crippen molar-refractivity contribution >= 4 is 40.9 Å². The number of carbonyl (C=O) groups excluding carboxylic acids is 1. The lowest BCUT2D eigenvalue weighted by atomic mass is 10.2. The van der Waals surface area contributed by atoms with E-state index in [0.717, 1.165) is 25.0 Å². The minimum Gasteiger partial charge on any atom is -0.480 e. The largest absolute Gasteiger partial charge is 0.480 e. The third-order valence-corrected chi connectivity index (χ3v) is 3.62. The van der Waals surface area contributed by atoms with Crippen molar-refractivity contribution in [3.8, 4) is 0 Å². The molecule has 0 atom stereocenters. The van der Waals surface area contributed by atoms with Gasteiger partial charge in [0.15, 0.2) is 5.90 Å². The van der Waals surface area contributed by atoms with Crippen LogP contribution < -0.4 is 0 Å². The fourth-order valence-corrected chi connectivity index (χ4v) is 1.63. The molecule has 0 N–H and O–H groups in total. The van der Waals surface area contributed by atoms with Crippen LogP contribution in [0.15, 0.2) is 9.55 Å². The second-order valence-corrected chi connectivity index (χ2v) is 6.43. The molecule has 0 aromatic heterocycles. The molecule has 0 aliphatic carbocycles. The molecule has 0 radical (unpaired) electrons. The second-order valence-electron chi connectivity index (χ2n) is 4.54. The zero-order valence-corrected chi connectivity index (χ0v) is 15.2. The Kier molecular flexibility index (Phi) is 11.2. The predicted octanol–water partition coefficient (Wildman–Crippen LogP) is 4.19. The number of hydrogen-bond acceptors (Lipinski definition) is 7. The molecule has 21 heavy (non-hydrogen) atoms. The molecule has 0 saturated heterocycles. The van der Waals surface area contributed by atoms with Crippen LogP contribution in [0.4, 0.5) is 4.79 Å². The van der Waals surface area contributed by atoms with Gasteiger partial charge >= 0.3 is 6.09 Å². The molecule has 0 bridgehead atoms. The summed E-state index contributed by atoms with van der Waals surface area (Å²) in [4.78, 5) is 16.4. The summed E-state index contributed by atoms with van der Waals surface area (Å²) in [6.07, 6.45) is 3.33. The second kappa shape index (κ2) is 11.7. The molecule has 0 heterocycles. The van der Waals surface area contributed by atoms with Crippen molar-refractivity contribution in [2.75, 3.05) is 19.9 Å². The van der Waals surface area contributed by atoms with E-state index in [-0.39, 0.29) is 5.92 Å². The van der Waals surface area contributed by atoms with Gasteiger partial charge in [-0.1, -0.05) is 32.3 Å². The monoisotopic (exact) mass is 335 g/mol. The van der Waals surface area contributed by atoms with Crippen molar-refractivity contribution in [2.45, 2.75) is 40.5 Å². The van der Waals surface area contributed by atoms with Crippen LogP contribution in [0.2, 0.25) is 0 Å². The first kappa shape index (κ1) is 20.1. The highest BCUT2D eigenvalue weighted by Gasteiger charge is 2.13. The number of nitrogens with zero attached hydrogens (tertiary/aromatic N) is 3. The maximum atomic E-state index is 11.7. The molecular weight excluding hydrogens is 310 g/mol. The SMILES string of the molecule is CCCCOC(=NSN(C)C(=O)ON=C(C)SC)C(C)C. The van der Waals surface area contributed by atoms with E-state index >= 15 is 0 Å². The minimum absolute atomic E-state index is 0.163. The first-order chi connectivity index (χ1) is 9.92. The van der Waals surface area contributed by atoms with Crippen molar-refractivity contribution in [3.05, 3.63) is 0 Å². The Morgan fingerprint density at radius 3 is 2.57 bits per heavy atom. The van der Waals surface area contributed by atoms with Crippen LogP contribution in [0.25, 0.3) is 0 Å². The number of amides is 1. The molecule has 0 aliphatic heterocycles. The van der Waals surface area contributed by atoms with Crippen LogP contribution in [-0.4, -0.2) is 41.3 Å². The zero-order chi connectivity index (χ0) is 16.3. The summed E-state index contributed by atoms with van der Waals surface area (Å²) in [7, 11) is 1.57. The quantitative estimate of drug-likeness (QED) is 0.174. The Bertz CT molecular complexity index is 374. The fraction of sp³-hybridized carbons (Fsp3) is 0.769. The summed E-state index contributed by atoms with van der Waals surface area (Å²) in [5.41, 5.74) is 0. The predicted molar refractivity (Wildman–Crippen MR) is 91.6 cm³/mol. The smallest absolute Gasteiger partial charge is 0.447 e. The number of hydrogen-bond donors (Lipinski definition) is 0. The Hall–Kier alpha value is -0.890. The van der Waals surface area contributed by atoms with Crippen molar-refractivity contribution in [1.29, 1.82) is 0 Å². The van der Waals surface area contributed by atoms with Crippen molar-refractivity contribution in [3.63, 3.8) is 0 Å². The lowest BCUT2D eigenvalue weighted by Gasteiger charge is -2.14. The molecule has 0 aliphatic rings. The minimum atomic E-state index is -0.575. The Morgan fingerprint density at radius 2 is 2.05 bits per heavy atom. The normalized spacial score (nSPS) is 12.5. The van der Waals surface area contributed by atoms with E-state index in [4.69, 9.17) is 9.57 Å². The molecule has 8 heteroatoms. The third kappa shape index (κ3) is 9.62. The lowest BCUT2D eigenvalue weighted by Crippen LogP contribution is -2.20. The Balaban J connectivity index is 4.40. The molecule has 0 unspecified atom stereocenters. The van der Waals surface area contributed by atoms with E-state index in [2.05, 4.69) is 16.5 Å². The summed E-state index contributed by atoms with van der Waals surface area (Å²) in [5.74, 6) is 0.785. The van der Waals surface area contributed by atoms with Crippen LogP contribution >= 0.6 is 23.9 Å². The van der Waals surface area contributed by atoms with Gasteiger partial charge in [0, 0.05) is 13.0 Å². The molecule has 0 saturated carbocycles. The van der Waals surface area contributed by atoms with Gasteiger partial charge in [-0.15, -0.1) is 11.8 Å². The van der Waals surface area contributed by atoms with Gasteiger partial charge in [0.2, 0.25) is 0 Å². The van der Waals surface area contributed by atoms with Gasteiger partial charge < -0.3 is 4.74 Å². The van der Waals surface area contributed by atoms with E-state index in [0.29, 0.717) is 17.5 Å². The van der Waals surface area contributed by atoms with Crippen molar-refractivity contribution < 1.29 is 14.4 Å². The van der Waals surface area contributed by atoms with Gasteiger partial charge in [-0.2, -0.15) is 4.40 Å². The third-order valence-electron chi connectivity index (χ3n) is 2.30. The molecule has 1 amide bonds. The van der Waals surface area contributed by atoms with Gasteiger partial charge in [-0.3, -0.25) is 4.84 Å². The molecule has 122 valence electrons. The van der Waals surface area contributed by atoms with Gasteiger partial charge in [0.1, 0.15) is 17.2 Å². The van der Waals surface area contributed by atoms with Crippen LogP contribution in [0, 0.1) is 5.92 Å². The maximum Gasteiger partial charge on any atom is 0.447 e. The number of carbonyl (C=O) groups is 1. The van der Waals surface area contributed by atoms with Crippen LogP contribution in [0.3, 0.4) is 0 Å². The van der Waals surface area contributed by atoms with Gasteiger partial charge in [0.05, 0.1) is 6.61 Å². The number of thioether (sulfide) groups is 1. The summed E-state index contributed by atoms with van der Waals surface area (Å²) in [6.45, 7) is 8.50. The van der Waals surface area contributed by atoms with Gasteiger partial charge in [0.25, 0.3) is 0 Å². The summed E-state index contributed by atoms with van der Waals surface area (Å²) in [6, 6.07) is 0. The van der Waals surface area contributed by atoms with E-state index < -0.39 is 6.09 Å². The van der Waals surface area contributed by atoms with Gasteiger partial charge in [-0.25, -0.2) is 9.10 Å². The molecule has 0 rings (SSSR count). The fourth-order valence-electron chi connectivity index (χ4n) is 0.952. The molecule has 0 aromatic carbocycles. The first-order valence-corrected chi connectivity index (χ1v) is 8.78. The Labute approximate surface area is 136 Å². The average molecular weight is 335 g/mol. The summed E-state index contributed by atoms with van der Waals surface area (Å²) < 4.78 is 11.1. The topological polar surface area (TPSA) is 63.5 Å². The Morgan fingerprint density at radius 1 is 1.38 bits per heavy atom. The molecular formula is C13H25N3O3S2. The maximum absolute atomic E-state index is 11.7. The van der Waals surface area contributed by atoms with Crippen molar-refractivity contribution in [2.24, 2.45) is 15.5 Å². The lowest BCUT2D eigenvalue weighted by molar-refractivity contribution is 0.137. The van der Waals surface area contributed by atoms with Gasteiger partial charge in [-0.05, 0) is 19.6 Å². The highest BCUT2D eigenvalue weighted by atomic mass is 32.2. The van der Waals surface area contributed by atoms with Crippen LogP contribution in [0.5, 0.6) is 0 Å². The van der Waals surface area contributed by atoms with Crippen molar-refractivity contribution in [1.82, 2.24) is 4.31 Å². The number of ether oxygens (including phenoxy) is 1. The highest BCUT2D eigenvalue weighted by molar-refractivity contribution is 8.13. The summed E-state index contributed by atoms with van der Waals surface area (Å²) in [5, 5.41) is 4.36. The zero-order valence-electron chi connectivity index (χ0n) is 13.6. The van der Waals surface area contributed by atoms with Crippen LogP contribution in [0.1, 0.15) is 40.5 Å². The highest BCUT2D eigenvalue weighted by Crippen LogP contribution is 2.14. The van der Waals surface area contributed by atoms with E-state index in [9.17, 15) is 4.79 Å². The van der Waals surface area contributed by atoms with E-state index in [1.54, 1.807) is 14.0 Å². The molecule has 0 aromatic rings. The van der Waals surface area contributed by atoms with E-state index in [1.165, 1.54) is 16.1 Å². The molecule has 6 nitrogen and oxygen atoms in total. The molecule has 0 spiro atoms. The number of rotatable bonds is 7. The summed E-state index contributed by atoms with van der Waals surface area (Å²) >= 11 is 2.40. The first-order valence-electron chi connectivity index (χ1n) is 6.83. The number of oxime groups is 1. The molecule has 0 fully saturated rings. The average Bonchev–Trinajstić information content (AvgIpc) is 2.46. The van der Waals surface area contributed by atoms with Crippen LogP contribution in [-0.2, 0) is 9.57 Å².